The normalized spacial score (nSPS) is 22.9. The molecular formula is C12H9F6NO2. The lowest BCUT2D eigenvalue weighted by Gasteiger charge is -2.18. The molecule has 0 aliphatic carbocycles. The van der Waals surface area contributed by atoms with Crippen molar-refractivity contribution < 1.29 is 35.9 Å². The maximum absolute atomic E-state index is 12.7. The number of hydrogen-bond acceptors (Lipinski definition) is 2. The molecule has 9 heteroatoms. The minimum Gasteiger partial charge on any atom is -0.439 e. The highest BCUT2D eigenvalue weighted by Crippen LogP contribution is 2.39. The van der Waals surface area contributed by atoms with Crippen LogP contribution in [0.15, 0.2) is 18.2 Å². The zero-order valence-corrected chi connectivity index (χ0v) is 10.5. The molecule has 0 aromatic heterocycles. The monoisotopic (exact) mass is 313 g/mol. The van der Waals surface area contributed by atoms with Crippen molar-refractivity contribution in [2.24, 2.45) is 0 Å². The first kappa shape index (κ1) is 15.5. The molecule has 1 aliphatic heterocycles. The summed E-state index contributed by atoms with van der Waals surface area (Å²) in [5.74, 6) is 0. The first-order valence-electron chi connectivity index (χ1n) is 5.75. The Labute approximate surface area is 114 Å². The van der Waals surface area contributed by atoms with Crippen molar-refractivity contribution in [3.05, 3.63) is 34.9 Å². The molecule has 1 fully saturated rings. The Balaban J connectivity index is 2.53. The third-order valence-electron chi connectivity index (χ3n) is 2.97. The molecule has 1 amide bonds. The van der Waals surface area contributed by atoms with Crippen LogP contribution < -0.4 is 5.32 Å². The topological polar surface area (TPSA) is 38.3 Å². The summed E-state index contributed by atoms with van der Waals surface area (Å²) in [6.07, 6.45) is -12.0. The molecule has 1 aromatic rings. The number of nitrogens with one attached hydrogen (secondary N) is 1. The summed E-state index contributed by atoms with van der Waals surface area (Å²) in [4.78, 5) is 11.0. The number of alkyl halides is 6. The molecule has 0 bridgehead atoms. The van der Waals surface area contributed by atoms with Gasteiger partial charge >= 0.3 is 18.4 Å². The predicted molar refractivity (Wildman–Crippen MR) is 58.3 cm³/mol. The number of cyclic esters (lactones) is 1. The fraction of sp³-hybridized carbons (Fsp3) is 0.417. The lowest BCUT2D eigenvalue weighted by Crippen LogP contribution is -2.24. The molecule has 0 radical (unpaired) electrons. The maximum atomic E-state index is 12.7. The number of carbonyl (C=O) groups is 1. The number of benzene rings is 1. The Kier molecular flexibility index (Phi) is 3.54. The standard InChI is InChI=1S/C12H9F6NO2/c1-5-9(21-10(20)19-5)6-2-7(11(13,14)15)4-8(3-6)12(16,17)18/h2-5,9H,1H3,(H,19,20)/t5-,9?/m0/s1. The summed E-state index contributed by atoms with van der Waals surface area (Å²) in [5, 5.41) is 2.26. The highest BCUT2D eigenvalue weighted by atomic mass is 19.4. The Morgan fingerprint density at radius 2 is 1.48 bits per heavy atom. The van der Waals surface area contributed by atoms with Gasteiger partial charge in [-0.05, 0) is 30.7 Å². The van der Waals surface area contributed by atoms with E-state index in [0.717, 1.165) is 0 Å². The third kappa shape index (κ3) is 3.22. The molecule has 116 valence electrons. The van der Waals surface area contributed by atoms with Crippen LogP contribution >= 0.6 is 0 Å². The van der Waals surface area contributed by atoms with Crippen LogP contribution in [0.5, 0.6) is 0 Å². The molecule has 21 heavy (non-hydrogen) atoms. The van der Waals surface area contributed by atoms with E-state index in [9.17, 15) is 31.1 Å². The van der Waals surface area contributed by atoms with E-state index < -0.39 is 41.7 Å². The summed E-state index contributed by atoms with van der Waals surface area (Å²) in [5.41, 5.74) is -3.24. The third-order valence-corrected chi connectivity index (χ3v) is 2.97. The van der Waals surface area contributed by atoms with E-state index in [-0.39, 0.29) is 11.6 Å². The van der Waals surface area contributed by atoms with Gasteiger partial charge in [0.2, 0.25) is 0 Å². The van der Waals surface area contributed by atoms with Crippen molar-refractivity contribution in [1.82, 2.24) is 5.32 Å². The number of ether oxygens (including phenoxy) is 1. The number of rotatable bonds is 1. The van der Waals surface area contributed by atoms with Gasteiger partial charge in [0.15, 0.2) is 0 Å². The minimum absolute atomic E-state index is 0.0262. The smallest absolute Gasteiger partial charge is 0.416 e. The average Bonchev–Trinajstić information content (AvgIpc) is 2.65. The van der Waals surface area contributed by atoms with E-state index in [2.05, 4.69) is 5.32 Å². The predicted octanol–water partition coefficient (Wildman–Crippen LogP) is 3.89. The summed E-state index contributed by atoms with van der Waals surface area (Å²) in [6.45, 7) is 1.42. The molecule has 1 aromatic carbocycles. The fourth-order valence-corrected chi connectivity index (χ4v) is 2.01. The van der Waals surface area contributed by atoms with Crippen molar-refractivity contribution >= 4 is 6.09 Å². The molecule has 3 nitrogen and oxygen atoms in total. The van der Waals surface area contributed by atoms with Crippen LogP contribution in [0.2, 0.25) is 0 Å². The highest BCUT2D eigenvalue weighted by Gasteiger charge is 2.40. The Morgan fingerprint density at radius 3 is 1.81 bits per heavy atom. The van der Waals surface area contributed by atoms with Crippen molar-refractivity contribution in [3.8, 4) is 0 Å². The van der Waals surface area contributed by atoms with E-state index in [0.29, 0.717) is 12.1 Å². The average molecular weight is 313 g/mol. The van der Waals surface area contributed by atoms with Gasteiger partial charge in [-0.2, -0.15) is 26.3 Å². The molecule has 0 spiro atoms. The molecule has 0 saturated carbocycles. The Bertz CT molecular complexity index is 534. The van der Waals surface area contributed by atoms with Crippen LogP contribution in [0.3, 0.4) is 0 Å². The van der Waals surface area contributed by atoms with Crippen molar-refractivity contribution in [3.63, 3.8) is 0 Å². The molecule has 1 unspecified atom stereocenters. The van der Waals surface area contributed by atoms with Crippen LogP contribution in [0.1, 0.15) is 29.7 Å². The number of alkyl carbamates (subject to hydrolysis) is 1. The molecule has 1 heterocycles. The van der Waals surface area contributed by atoms with Crippen molar-refractivity contribution in [1.29, 1.82) is 0 Å². The summed E-state index contributed by atoms with van der Waals surface area (Å²) in [6, 6.07) is 0.396. The summed E-state index contributed by atoms with van der Waals surface area (Å²) in [7, 11) is 0. The number of halogens is 6. The van der Waals surface area contributed by atoms with Gasteiger partial charge in [-0.3, -0.25) is 0 Å². The number of carbonyl (C=O) groups excluding carboxylic acids is 1. The van der Waals surface area contributed by atoms with Gasteiger partial charge in [0.05, 0.1) is 17.2 Å². The molecule has 1 saturated heterocycles. The molecule has 2 rings (SSSR count). The lowest BCUT2D eigenvalue weighted by molar-refractivity contribution is -0.143. The second-order valence-electron chi connectivity index (χ2n) is 4.60. The fourth-order valence-electron chi connectivity index (χ4n) is 2.01. The van der Waals surface area contributed by atoms with Gasteiger partial charge in [-0.25, -0.2) is 4.79 Å². The first-order chi connectivity index (χ1) is 9.48. The quantitative estimate of drug-likeness (QED) is 0.799. The van der Waals surface area contributed by atoms with Crippen LogP contribution in [-0.4, -0.2) is 12.1 Å². The lowest BCUT2D eigenvalue weighted by atomic mass is 9.98. The second-order valence-corrected chi connectivity index (χ2v) is 4.60. The van der Waals surface area contributed by atoms with Gasteiger partial charge in [-0.1, -0.05) is 0 Å². The van der Waals surface area contributed by atoms with E-state index >= 15 is 0 Å². The first-order valence-corrected chi connectivity index (χ1v) is 5.75. The Hall–Kier alpha value is -1.93. The molecule has 1 N–H and O–H groups in total. The molecular weight excluding hydrogens is 304 g/mol. The maximum Gasteiger partial charge on any atom is 0.416 e. The van der Waals surface area contributed by atoms with E-state index in [1.807, 2.05) is 0 Å². The number of hydrogen-bond donors (Lipinski definition) is 1. The van der Waals surface area contributed by atoms with Crippen LogP contribution in [-0.2, 0) is 17.1 Å². The summed E-state index contributed by atoms with van der Waals surface area (Å²) >= 11 is 0. The van der Waals surface area contributed by atoms with Crippen LogP contribution in [0, 0.1) is 0 Å². The van der Waals surface area contributed by atoms with Crippen molar-refractivity contribution in [2.75, 3.05) is 0 Å². The van der Waals surface area contributed by atoms with Gasteiger partial charge in [-0.15, -0.1) is 0 Å². The second kappa shape index (κ2) is 4.81. The SMILES string of the molecule is C[C@@H]1NC(=O)OC1c1cc(C(F)(F)F)cc(C(F)(F)F)c1. The zero-order chi connectivity index (χ0) is 16.0. The van der Waals surface area contributed by atoms with Gasteiger partial charge in [0, 0.05) is 0 Å². The van der Waals surface area contributed by atoms with E-state index in [1.54, 1.807) is 0 Å². The largest absolute Gasteiger partial charge is 0.439 e. The van der Waals surface area contributed by atoms with Crippen molar-refractivity contribution in [2.45, 2.75) is 31.4 Å². The highest BCUT2D eigenvalue weighted by molar-refractivity contribution is 5.70. The van der Waals surface area contributed by atoms with Gasteiger partial charge in [0.25, 0.3) is 0 Å². The zero-order valence-electron chi connectivity index (χ0n) is 10.5. The van der Waals surface area contributed by atoms with Gasteiger partial charge in [0.1, 0.15) is 6.10 Å². The number of amides is 1. The molecule has 1 aliphatic rings. The van der Waals surface area contributed by atoms with Gasteiger partial charge < -0.3 is 10.1 Å². The van der Waals surface area contributed by atoms with E-state index in [4.69, 9.17) is 4.74 Å². The Morgan fingerprint density at radius 1 is 1.00 bits per heavy atom. The summed E-state index contributed by atoms with van der Waals surface area (Å²) < 4.78 is 80.9. The molecule has 2 atom stereocenters. The van der Waals surface area contributed by atoms with Crippen LogP contribution in [0.25, 0.3) is 0 Å². The van der Waals surface area contributed by atoms with E-state index in [1.165, 1.54) is 6.92 Å². The minimum atomic E-state index is -4.94. The van der Waals surface area contributed by atoms with Crippen LogP contribution in [0.4, 0.5) is 31.1 Å².